The van der Waals surface area contributed by atoms with Crippen molar-refractivity contribution in [2.45, 2.75) is 25.6 Å². The van der Waals surface area contributed by atoms with Gasteiger partial charge in [0.1, 0.15) is 18.8 Å². The first-order chi connectivity index (χ1) is 11.0. The molecule has 1 saturated carbocycles. The second-order valence-corrected chi connectivity index (χ2v) is 5.25. The minimum atomic E-state index is -1.41. The maximum absolute atomic E-state index is 14.1. The van der Waals surface area contributed by atoms with E-state index < -0.39 is 35.6 Å². The molecule has 122 valence electrons. The molecule has 3 rings (SSSR count). The van der Waals surface area contributed by atoms with E-state index in [2.05, 4.69) is 15.1 Å². The van der Waals surface area contributed by atoms with Gasteiger partial charge in [-0.05, 0) is 6.42 Å². The molecule has 0 amide bonds. The Kier molecular flexibility index (Phi) is 3.89. The topological polar surface area (TPSA) is 91.9 Å². The summed E-state index contributed by atoms with van der Waals surface area (Å²) in [4.78, 5) is 30.0. The van der Waals surface area contributed by atoms with Crippen molar-refractivity contribution in [2.24, 2.45) is 5.92 Å². The maximum atomic E-state index is 14.1. The van der Waals surface area contributed by atoms with E-state index in [1.54, 1.807) is 0 Å². The molecular weight excluding hydrogens is 312 g/mol. The van der Waals surface area contributed by atoms with Crippen LogP contribution in [0.2, 0.25) is 0 Å². The number of ether oxygens (including phenoxy) is 1. The van der Waals surface area contributed by atoms with Gasteiger partial charge in [-0.2, -0.15) is 14.8 Å². The van der Waals surface area contributed by atoms with Crippen LogP contribution in [-0.4, -0.2) is 43.1 Å². The normalized spacial score (nSPS) is 23.3. The molecule has 0 radical (unpaired) electrons. The lowest BCUT2D eigenvalue weighted by molar-refractivity contribution is -0.145. The van der Waals surface area contributed by atoms with E-state index in [-0.39, 0.29) is 18.8 Å². The lowest BCUT2D eigenvalue weighted by Gasteiger charge is -2.39. The molecule has 10 heteroatoms. The summed E-state index contributed by atoms with van der Waals surface area (Å²) in [5.41, 5.74) is -0.782. The Bertz CT molecular complexity index is 776. The molecule has 1 aliphatic rings. The van der Waals surface area contributed by atoms with Gasteiger partial charge < -0.3 is 4.74 Å². The van der Waals surface area contributed by atoms with Crippen molar-refractivity contribution in [1.29, 1.82) is 0 Å². The number of aromatic nitrogens is 5. The van der Waals surface area contributed by atoms with Crippen LogP contribution < -0.4 is 5.69 Å². The highest BCUT2D eigenvalue weighted by Gasteiger charge is 2.44. The standard InChI is InChI=1S/C13H13F2N5O3/c1-7(21)23-4-8-2-10(11(8)15)19-3-9(14)12(18-13(19)22)20-6-16-5-17-20/h3,5-6,8,10-11H,2,4H2,1H3/t8-,10-,11?/m1/s1. The van der Waals surface area contributed by atoms with Crippen LogP contribution in [0.15, 0.2) is 23.6 Å². The molecule has 1 fully saturated rings. The SMILES string of the molecule is CC(=O)OC[C@H]1C[C@@H](n2cc(F)c(-n3cncn3)nc2=O)C1F. The first kappa shape index (κ1) is 15.3. The predicted octanol–water partition coefficient (Wildman–Crippen LogP) is 0.425. The van der Waals surface area contributed by atoms with Crippen LogP contribution in [0.3, 0.4) is 0 Å². The second-order valence-electron chi connectivity index (χ2n) is 5.25. The molecule has 1 unspecified atom stereocenters. The van der Waals surface area contributed by atoms with Crippen LogP contribution >= 0.6 is 0 Å². The van der Waals surface area contributed by atoms with E-state index in [0.29, 0.717) is 0 Å². The van der Waals surface area contributed by atoms with Crippen LogP contribution in [-0.2, 0) is 9.53 Å². The first-order valence-corrected chi connectivity index (χ1v) is 6.88. The summed E-state index contributed by atoms with van der Waals surface area (Å²) in [6.45, 7) is 1.17. The Morgan fingerprint density at radius 3 is 2.91 bits per heavy atom. The molecule has 0 aromatic carbocycles. The highest BCUT2D eigenvalue weighted by molar-refractivity contribution is 5.65. The van der Waals surface area contributed by atoms with Gasteiger partial charge in [0.15, 0.2) is 11.6 Å². The number of carbonyl (C=O) groups excluding carboxylic acids is 1. The average Bonchev–Trinajstić information content (AvgIpc) is 3.02. The fourth-order valence-corrected chi connectivity index (χ4v) is 2.49. The van der Waals surface area contributed by atoms with Crippen molar-refractivity contribution in [1.82, 2.24) is 24.3 Å². The quantitative estimate of drug-likeness (QED) is 0.757. The summed E-state index contributed by atoms with van der Waals surface area (Å²) < 4.78 is 34.9. The smallest absolute Gasteiger partial charge is 0.350 e. The number of halogens is 2. The molecule has 23 heavy (non-hydrogen) atoms. The molecule has 0 aliphatic heterocycles. The largest absolute Gasteiger partial charge is 0.465 e. The molecule has 2 heterocycles. The van der Waals surface area contributed by atoms with Gasteiger partial charge in [0.2, 0.25) is 0 Å². The zero-order valence-corrected chi connectivity index (χ0v) is 12.1. The molecule has 0 bridgehead atoms. The summed E-state index contributed by atoms with van der Waals surface area (Å²) in [6, 6.07) is -0.824. The second kappa shape index (κ2) is 5.86. The zero-order valence-electron chi connectivity index (χ0n) is 12.1. The minimum absolute atomic E-state index is 0.0608. The molecule has 0 N–H and O–H groups in total. The van der Waals surface area contributed by atoms with Gasteiger partial charge in [0, 0.05) is 19.0 Å². The maximum Gasteiger partial charge on any atom is 0.350 e. The van der Waals surface area contributed by atoms with Crippen LogP contribution in [0.1, 0.15) is 19.4 Å². The van der Waals surface area contributed by atoms with E-state index in [4.69, 9.17) is 4.74 Å². The van der Waals surface area contributed by atoms with Crippen LogP contribution in [0.25, 0.3) is 5.82 Å². The lowest BCUT2D eigenvalue weighted by Crippen LogP contribution is -2.47. The van der Waals surface area contributed by atoms with Crippen molar-refractivity contribution in [3.63, 3.8) is 0 Å². The van der Waals surface area contributed by atoms with E-state index in [0.717, 1.165) is 15.4 Å². The van der Waals surface area contributed by atoms with E-state index in [9.17, 15) is 18.4 Å². The molecular formula is C13H13F2N5O3. The number of hydrogen-bond donors (Lipinski definition) is 0. The summed E-state index contributed by atoms with van der Waals surface area (Å²) in [7, 11) is 0. The Hall–Kier alpha value is -2.65. The summed E-state index contributed by atoms with van der Waals surface area (Å²) in [5, 5.41) is 3.70. The van der Waals surface area contributed by atoms with E-state index in [1.165, 1.54) is 19.6 Å². The van der Waals surface area contributed by atoms with Gasteiger partial charge in [-0.3, -0.25) is 9.36 Å². The number of carbonyl (C=O) groups is 1. The van der Waals surface area contributed by atoms with Crippen LogP contribution in [0, 0.1) is 11.7 Å². The van der Waals surface area contributed by atoms with Gasteiger partial charge in [-0.25, -0.2) is 18.6 Å². The molecule has 0 spiro atoms. The number of hydrogen-bond acceptors (Lipinski definition) is 6. The highest BCUT2D eigenvalue weighted by Crippen LogP contribution is 2.40. The number of esters is 1. The third-order valence-corrected chi connectivity index (χ3v) is 3.74. The van der Waals surface area contributed by atoms with Gasteiger partial charge in [-0.15, -0.1) is 0 Å². The molecule has 0 saturated heterocycles. The molecule has 2 aromatic heterocycles. The Morgan fingerprint density at radius 2 is 2.30 bits per heavy atom. The van der Waals surface area contributed by atoms with Crippen molar-refractivity contribution in [2.75, 3.05) is 6.61 Å². The Morgan fingerprint density at radius 1 is 1.52 bits per heavy atom. The van der Waals surface area contributed by atoms with Crippen LogP contribution in [0.5, 0.6) is 0 Å². The molecule has 2 aromatic rings. The van der Waals surface area contributed by atoms with Gasteiger partial charge in [-0.1, -0.05) is 0 Å². The highest BCUT2D eigenvalue weighted by atomic mass is 19.1. The molecule has 3 atom stereocenters. The third-order valence-electron chi connectivity index (χ3n) is 3.74. The number of rotatable bonds is 4. The molecule has 1 aliphatic carbocycles. The van der Waals surface area contributed by atoms with E-state index in [1.807, 2.05) is 0 Å². The van der Waals surface area contributed by atoms with Crippen LogP contribution in [0.4, 0.5) is 8.78 Å². The van der Waals surface area contributed by atoms with Crippen molar-refractivity contribution >= 4 is 5.97 Å². The first-order valence-electron chi connectivity index (χ1n) is 6.88. The summed E-state index contributed by atoms with van der Waals surface area (Å²) in [6.07, 6.45) is 2.14. The van der Waals surface area contributed by atoms with Crippen molar-refractivity contribution in [3.8, 4) is 5.82 Å². The zero-order chi connectivity index (χ0) is 16.6. The monoisotopic (exact) mass is 325 g/mol. The van der Waals surface area contributed by atoms with Gasteiger partial charge in [0.05, 0.1) is 12.6 Å². The van der Waals surface area contributed by atoms with Crippen molar-refractivity contribution < 1.29 is 18.3 Å². The van der Waals surface area contributed by atoms with Gasteiger partial charge in [0.25, 0.3) is 0 Å². The third kappa shape index (κ3) is 2.83. The fourth-order valence-electron chi connectivity index (χ4n) is 2.49. The predicted molar refractivity (Wildman–Crippen MR) is 72.0 cm³/mol. The fraction of sp³-hybridized carbons (Fsp3) is 0.462. The summed E-state index contributed by atoms with van der Waals surface area (Å²) in [5.74, 6) is -2.11. The lowest BCUT2D eigenvalue weighted by atomic mass is 9.78. The van der Waals surface area contributed by atoms with Crippen molar-refractivity contribution in [3.05, 3.63) is 35.2 Å². The number of nitrogens with zero attached hydrogens (tertiary/aromatic N) is 5. The summed E-state index contributed by atoms with van der Waals surface area (Å²) >= 11 is 0. The Balaban J connectivity index is 1.79. The minimum Gasteiger partial charge on any atom is -0.465 e. The average molecular weight is 325 g/mol. The molecule has 8 nitrogen and oxygen atoms in total. The van der Waals surface area contributed by atoms with E-state index >= 15 is 0 Å². The number of alkyl halides is 1. The Labute approximate surface area is 128 Å². The van der Waals surface area contributed by atoms with Gasteiger partial charge >= 0.3 is 11.7 Å².